The third-order valence-electron chi connectivity index (χ3n) is 3.13. The Labute approximate surface area is 134 Å². The summed E-state index contributed by atoms with van der Waals surface area (Å²) >= 11 is 0. The van der Waals surface area contributed by atoms with E-state index in [0.717, 1.165) is 18.2 Å². The standard InChI is InChI=1S/C16H12F3NO4/c1-8-6-10(24-16(18)19)3-5-13(8)20-14(21)9-2-4-12(17)11(7-9)15(22)23/h2-7,16H,1H3,(H,20,21)(H,22,23). The zero-order chi connectivity index (χ0) is 17.9. The van der Waals surface area contributed by atoms with Crippen molar-refractivity contribution >= 4 is 17.6 Å². The normalized spacial score (nSPS) is 10.5. The zero-order valence-corrected chi connectivity index (χ0v) is 12.3. The molecule has 0 saturated heterocycles. The van der Waals surface area contributed by atoms with Crippen molar-refractivity contribution in [2.24, 2.45) is 0 Å². The highest BCUT2D eigenvalue weighted by Gasteiger charge is 2.15. The lowest BCUT2D eigenvalue weighted by molar-refractivity contribution is -0.0498. The molecule has 1 amide bonds. The molecule has 24 heavy (non-hydrogen) atoms. The fourth-order valence-corrected chi connectivity index (χ4v) is 1.98. The van der Waals surface area contributed by atoms with Crippen LogP contribution in [0.25, 0.3) is 0 Å². The van der Waals surface area contributed by atoms with Gasteiger partial charge in [-0.2, -0.15) is 8.78 Å². The molecule has 5 nitrogen and oxygen atoms in total. The predicted octanol–water partition coefficient (Wildman–Crippen LogP) is 3.69. The van der Waals surface area contributed by atoms with Gasteiger partial charge in [-0.05, 0) is 48.9 Å². The molecule has 0 aromatic heterocycles. The first-order valence-corrected chi connectivity index (χ1v) is 6.67. The number of ether oxygens (including phenoxy) is 1. The highest BCUT2D eigenvalue weighted by molar-refractivity contribution is 6.06. The Hall–Kier alpha value is -3.03. The van der Waals surface area contributed by atoms with Gasteiger partial charge in [-0.3, -0.25) is 4.79 Å². The van der Waals surface area contributed by atoms with E-state index >= 15 is 0 Å². The van der Waals surface area contributed by atoms with Crippen LogP contribution in [0, 0.1) is 12.7 Å². The smallest absolute Gasteiger partial charge is 0.387 e. The summed E-state index contributed by atoms with van der Waals surface area (Å²) in [4.78, 5) is 23.0. The number of anilines is 1. The summed E-state index contributed by atoms with van der Waals surface area (Å²) in [5.74, 6) is -3.17. The first-order valence-electron chi connectivity index (χ1n) is 6.67. The lowest BCUT2D eigenvalue weighted by Crippen LogP contribution is -2.14. The third-order valence-corrected chi connectivity index (χ3v) is 3.13. The van der Waals surface area contributed by atoms with E-state index < -0.39 is 29.9 Å². The summed E-state index contributed by atoms with van der Waals surface area (Å²) in [7, 11) is 0. The van der Waals surface area contributed by atoms with Crippen molar-refractivity contribution in [3.05, 3.63) is 58.9 Å². The van der Waals surface area contributed by atoms with Crippen molar-refractivity contribution in [1.29, 1.82) is 0 Å². The van der Waals surface area contributed by atoms with E-state index in [0.29, 0.717) is 11.3 Å². The third kappa shape index (κ3) is 4.03. The lowest BCUT2D eigenvalue weighted by Gasteiger charge is -2.11. The largest absolute Gasteiger partial charge is 0.478 e. The van der Waals surface area contributed by atoms with E-state index in [1.165, 1.54) is 18.2 Å². The van der Waals surface area contributed by atoms with E-state index in [1.54, 1.807) is 6.92 Å². The zero-order valence-electron chi connectivity index (χ0n) is 12.3. The monoisotopic (exact) mass is 339 g/mol. The number of amides is 1. The number of carbonyl (C=O) groups is 2. The molecular formula is C16H12F3NO4. The van der Waals surface area contributed by atoms with Gasteiger partial charge in [0.2, 0.25) is 0 Å². The molecule has 0 aliphatic heterocycles. The number of alkyl halides is 2. The van der Waals surface area contributed by atoms with Crippen LogP contribution in [0.4, 0.5) is 18.9 Å². The van der Waals surface area contributed by atoms with Gasteiger partial charge in [0.25, 0.3) is 5.91 Å². The van der Waals surface area contributed by atoms with Gasteiger partial charge in [0.05, 0.1) is 5.56 Å². The maximum atomic E-state index is 13.3. The number of benzene rings is 2. The highest BCUT2D eigenvalue weighted by Crippen LogP contribution is 2.23. The quantitative estimate of drug-likeness (QED) is 0.871. The Morgan fingerprint density at radius 3 is 2.46 bits per heavy atom. The number of rotatable bonds is 5. The van der Waals surface area contributed by atoms with E-state index in [9.17, 15) is 22.8 Å². The van der Waals surface area contributed by atoms with Crippen LogP contribution >= 0.6 is 0 Å². The second kappa shape index (κ2) is 7.03. The van der Waals surface area contributed by atoms with Gasteiger partial charge >= 0.3 is 12.6 Å². The molecule has 0 fully saturated rings. The molecule has 0 aliphatic rings. The summed E-state index contributed by atoms with van der Waals surface area (Å²) in [6.45, 7) is -1.39. The number of aryl methyl sites for hydroxylation is 1. The average Bonchev–Trinajstić information content (AvgIpc) is 2.49. The molecule has 0 atom stereocenters. The number of hydrogen-bond donors (Lipinski definition) is 2. The second-order valence-corrected chi connectivity index (χ2v) is 4.81. The van der Waals surface area contributed by atoms with Gasteiger partial charge < -0.3 is 15.2 Å². The average molecular weight is 339 g/mol. The van der Waals surface area contributed by atoms with Crippen molar-refractivity contribution in [2.75, 3.05) is 5.32 Å². The number of hydrogen-bond acceptors (Lipinski definition) is 3. The van der Waals surface area contributed by atoms with Crippen LogP contribution in [0.3, 0.4) is 0 Å². The van der Waals surface area contributed by atoms with Gasteiger partial charge in [0, 0.05) is 11.3 Å². The molecule has 0 saturated carbocycles. The Bertz CT molecular complexity index is 793. The fourth-order valence-electron chi connectivity index (χ4n) is 1.98. The molecule has 2 aromatic carbocycles. The second-order valence-electron chi connectivity index (χ2n) is 4.81. The molecular weight excluding hydrogens is 327 g/mol. The number of carboxylic acids is 1. The first kappa shape index (κ1) is 17.3. The highest BCUT2D eigenvalue weighted by atomic mass is 19.3. The van der Waals surface area contributed by atoms with E-state index in [1.807, 2.05) is 0 Å². The molecule has 0 aliphatic carbocycles. The van der Waals surface area contributed by atoms with E-state index in [4.69, 9.17) is 5.11 Å². The molecule has 8 heteroatoms. The number of carbonyl (C=O) groups excluding carboxylic acids is 1. The van der Waals surface area contributed by atoms with Gasteiger partial charge in [-0.25, -0.2) is 9.18 Å². The molecule has 0 heterocycles. The van der Waals surface area contributed by atoms with Crippen molar-refractivity contribution < 1.29 is 32.6 Å². The molecule has 0 unspecified atom stereocenters. The van der Waals surface area contributed by atoms with Crippen LogP contribution < -0.4 is 10.1 Å². The Morgan fingerprint density at radius 2 is 1.88 bits per heavy atom. The number of carboxylic acid groups (broad SMARTS) is 1. The van der Waals surface area contributed by atoms with Crippen molar-refractivity contribution in [2.45, 2.75) is 13.5 Å². The fraction of sp³-hybridized carbons (Fsp3) is 0.125. The van der Waals surface area contributed by atoms with Crippen molar-refractivity contribution in [3.63, 3.8) is 0 Å². The molecule has 0 radical (unpaired) electrons. The van der Waals surface area contributed by atoms with Crippen LogP contribution in [0.5, 0.6) is 5.75 Å². The summed E-state index contributed by atoms with van der Waals surface area (Å²) in [5, 5.41) is 11.4. The van der Waals surface area contributed by atoms with Crippen LogP contribution in [0.15, 0.2) is 36.4 Å². The maximum Gasteiger partial charge on any atom is 0.387 e. The molecule has 126 valence electrons. The van der Waals surface area contributed by atoms with E-state index in [2.05, 4.69) is 10.1 Å². The SMILES string of the molecule is Cc1cc(OC(F)F)ccc1NC(=O)c1ccc(F)c(C(=O)O)c1. The minimum atomic E-state index is -2.96. The summed E-state index contributed by atoms with van der Waals surface area (Å²) in [5.41, 5.74) is 0.103. The lowest BCUT2D eigenvalue weighted by atomic mass is 10.1. The topological polar surface area (TPSA) is 75.6 Å². The Kier molecular flexibility index (Phi) is 5.08. The first-order chi connectivity index (χ1) is 11.3. The minimum Gasteiger partial charge on any atom is -0.478 e. The van der Waals surface area contributed by atoms with E-state index in [-0.39, 0.29) is 11.3 Å². The predicted molar refractivity (Wildman–Crippen MR) is 79.1 cm³/mol. The minimum absolute atomic E-state index is 0.0545. The Morgan fingerprint density at radius 1 is 1.17 bits per heavy atom. The van der Waals surface area contributed by atoms with Crippen molar-refractivity contribution in [3.8, 4) is 5.75 Å². The Balaban J connectivity index is 2.21. The summed E-state index contributed by atoms with van der Waals surface area (Å²) in [6.07, 6.45) is 0. The molecule has 2 rings (SSSR count). The molecule has 0 bridgehead atoms. The van der Waals surface area contributed by atoms with Gasteiger partial charge in [-0.1, -0.05) is 0 Å². The molecule has 2 N–H and O–H groups in total. The van der Waals surface area contributed by atoms with Crippen molar-refractivity contribution in [1.82, 2.24) is 0 Å². The van der Waals surface area contributed by atoms with Gasteiger partial charge in [0.15, 0.2) is 0 Å². The van der Waals surface area contributed by atoms with Crippen LogP contribution in [-0.2, 0) is 0 Å². The van der Waals surface area contributed by atoms with Gasteiger partial charge in [0.1, 0.15) is 11.6 Å². The molecule has 0 spiro atoms. The molecule has 2 aromatic rings. The number of aromatic carboxylic acids is 1. The summed E-state index contributed by atoms with van der Waals surface area (Å²) < 4.78 is 41.9. The van der Waals surface area contributed by atoms with Crippen LogP contribution in [0.2, 0.25) is 0 Å². The van der Waals surface area contributed by atoms with Crippen LogP contribution in [0.1, 0.15) is 26.3 Å². The van der Waals surface area contributed by atoms with Crippen LogP contribution in [-0.4, -0.2) is 23.6 Å². The summed E-state index contributed by atoms with van der Waals surface area (Å²) in [6, 6.07) is 6.87. The van der Waals surface area contributed by atoms with Gasteiger partial charge in [-0.15, -0.1) is 0 Å². The maximum absolute atomic E-state index is 13.3. The number of halogens is 3. The number of nitrogens with one attached hydrogen (secondary N) is 1.